The minimum Gasteiger partial charge on any atom is -0.480 e. The molecule has 0 bridgehead atoms. The van der Waals surface area contributed by atoms with Gasteiger partial charge in [0.1, 0.15) is 11.6 Å². The highest BCUT2D eigenvalue weighted by Crippen LogP contribution is 2.28. The van der Waals surface area contributed by atoms with E-state index >= 15 is 0 Å². The van der Waals surface area contributed by atoms with Crippen LogP contribution in [0.5, 0.6) is 0 Å². The molecule has 8 nitrogen and oxygen atoms in total. The Hall–Kier alpha value is -2.61. The Morgan fingerprint density at radius 1 is 1.16 bits per heavy atom. The normalized spacial score (nSPS) is 20.2. The lowest BCUT2D eigenvalue weighted by Gasteiger charge is -2.35. The first-order valence-electron chi connectivity index (χ1n) is 11.1. The molecule has 1 aromatic rings. The van der Waals surface area contributed by atoms with Gasteiger partial charge in [-0.25, -0.2) is 9.59 Å². The average Bonchev–Trinajstić information content (AvgIpc) is 3.20. The molecule has 2 N–H and O–H groups in total. The molecular formula is C24H36N2O6. The first-order valence-corrected chi connectivity index (χ1v) is 11.1. The first kappa shape index (κ1) is 25.6. The maximum atomic E-state index is 13.1. The molecule has 1 heterocycles. The second kappa shape index (κ2) is 10.8. The third kappa shape index (κ3) is 6.45. The number of carboxylic acid groups (broad SMARTS) is 1. The lowest BCUT2D eigenvalue weighted by molar-refractivity contribution is -0.144. The van der Waals surface area contributed by atoms with Gasteiger partial charge in [-0.2, -0.15) is 0 Å². The second-order valence-corrected chi connectivity index (χ2v) is 9.40. The molecule has 0 unspecified atom stereocenters. The Labute approximate surface area is 190 Å². The minimum atomic E-state index is -1.10. The quantitative estimate of drug-likeness (QED) is 0.631. The number of hydrogen-bond acceptors (Lipinski definition) is 5. The number of amides is 2. The van der Waals surface area contributed by atoms with Gasteiger partial charge >= 0.3 is 12.1 Å². The number of rotatable bonds is 8. The molecule has 0 saturated carbocycles. The molecule has 1 saturated heterocycles. The van der Waals surface area contributed by atoms with E-state index in [0.717, 1.165) is 12.0 Å². The van der Waals surface area contributed by atoms with Gasteiger partial charge in [0.25, 0.3) is 0 Å². The van der Waals surface area contributed by atoms with Crippen molar-refractivity contribution in [2.45, 2.75) is 77.2 Å². The zero-order valence-electron chi connectivity index (χ0n) is 19.8. The summed E-state index contributed by atoms with van der Waals surface area (Å²) in [6.07, 6.45) is 0.432. The highest BCUT2D eigenvalue weighted by molar-refractivity contribution is 5.86. The Balaban J connectivity index is 2.14. The van der Waals surface area contributed by atoms with Crippen molar-refractivity contribution in [1.82, 2.24) is 10.2 Å². The van der Waals surface area contributed by atoms with Gasteiger partial charge in [-0.05, 0) is 39.2 Å². The Bertz CT molecular complexity index is 791. The van der Waals surface area contributed by atoms with Crippen molar-refractivity contribution in [2.24, 2.45) is 5.92 Å². The zero-order chi connectivity index (χ0) is 24.1. The van der Waals surface area contributed by atoms with Gasteiger partial charge in [0.2, 0.25) is 5.91 Å². The fourth-order valence-electron chi connectivity index (χ4n) is 4.16. The third-order valence-electron chi connectivity index (χ3n) is 5.87. The summed E-state index contributed by atoms with van der Waals surface area (Å²) in [7, 11) is 1.50. The van der Waals surface area contributed by atoms with Crippen molar-refractivity contribution < 1.29 is 29.0 Å². The monoisotopic (exact) mass is 448 g/mol. The summed E-state index contributed by atoms with van der Waals surface area (Å²) in [4.78, 5) is 39.3. The van der Waals surface area contributed by atoms with E-state index in [9.17, 15) is 19.5 Å². The summed E-state index contributed by atoms with van der Waals surface area (Å²) in [5, 5.41) is 12.4. The average molecular weight is 449 g/mol. The lowest BCUT2D eigenvalue weighted by atomic mass is 9.91. The number of nitrogens with zero attached hydrogens (tertiary/aromatic N) is 1. The molecule has 0 aliphatic carbocycles. The summed E-state index contributed by atoms with van der Waals surface area (Å²) in [6, 6.07) is 7.79. The molecule has 0 aromatic heterocycles. The number of nitrogens with one attached hydrogen (secondary N) is 1. The molecule has 5 atom stereocenters. The summed E-state index contributed by atoms with van der Waals surface area (Å²) in [5.74, 6) is -2.62. The van der Waals surface area contributed by atoms with Gasteiger partial charge in [-0.1, -0.05) is 44.2 Å². The number of likely N-dealkylation sites (tertiary alicyclic amines) is 1. The van der Waals surface area contributed by atoms with Gasteiger partial charge in [-0.15, -0.1) is 0 Å². The van der Waals surface area contributed by atoms with Gasteiger partial charge in [0.15, 0.2) is 0 Å². The molecule has 178 valence electrons. The Kier molecular flexibility index (Phi) is 8.66. The molecule has 1 aromatic carbocycles. The maximum absolute atomic E-state index is 13.1. The molecule has 2 amide bonds. The molecule has 32 heavy (non-hydrogen) atoms. The predicted octanol–water partition coefficient (Wildman–Crippen LogP) is 3.41. The van der Waals surface area contributed by atoms with Crippen molar-refractivity contribution in [2.75, 3.05) is 13.7 Å². The maximum Gasteiger partial charge on any atom is 0.410 e. The summed E-state index contributed by atoms with van der Waals surface area (Å²) < 4.78 is 11.2. The number of carbonyl (C=O) groups excluding carboxylic acids is 2. The van der Waals surface area contributed by atoms with E-state index in [0.29, 0.717) is 13.0 Å². The standard InChI is InChI=1S/C24H36N2O6/c1-15(17-11-8-7-9-12-17)19(22(28)29)25-21(27)16(2)20(31-6)18-13-10-14-26(18)23(30)32-24(3,4)5/h7-9,11-12,15-16,18-20H,10,13-14H2,1-6H3,(H,25,27)(H,28,29)/t15-,16+,18-,19-,20+/m0/s1. The largest absolute Gasteiger partial charge is 0.480 e. The summed E-state index contributed by atoms with van der Waals surface area (Å²) in [5.41, 5.74) is 0.195. The van der Waals surface area contributed by atoms with Crippen molar-refractivity contribution in [3.63, 3.8) is 0 Å². The number of ether oxygens (including phenoxy) is 2. The molecule has 1 aliphatic heterocycles. The van der Waals surface area contributed by atoms with Crippen molar-refractivity contribution >= 4 is 18.0 Å². The van der Waals surface area contributed by atoms with Gasteiger partial charge in [0, 0.05) is 19.6 Å². The zero-order valence-corrected chi connectivity index (χ0v) is 19.8. The smallest absolute Gasteiger partial charge is 0.410 e. The van der Waals surface area contributed by atoms with Gasteiger partial charge < -0.3 is 24.8 Å². The number of carbonyl (C=O) groups is 3. The van der Waals surface area contributed by atoms with Crippen LogP contribution < -0.4 is 5.32 Å². The van der Waals surface area contributed by atoms with Crippen molar-refractivity contribution in [3.05, 3.63) is 35.9 Å². The number of aliphatic carboxylic acids is 1. The Morgan fingerprint density at radius 2 is 1.78 bits per heavy atom. The minimum absolute atomic E-state index is 0.328. The van der Waals surface area contributed by atoms with Crippen LogP contribution in [0.3, 0.4) is 0 Å². The van der Waals surface area contributed by atoms with Crippen LogP contribution in [0.4, 0.5) is 4.79 Å². The topological polar surface area (TPSA) is 105 Å². The molecule has 8 heteroatoms. The number of carboxylic acids is 1. The number of methoxy groups -OCH3 is 1. The van der Waals surface area contributed by atoms with Crippen LogP contribution in [0.2, 0.25) is 0 Å². The number of hydrogen-bond donors (Lipinski definition) is 2. The van der Waals surface area contributed by atoms with Crippen LogP contribution in [0.25, 0.3) is 0 Å². The van der Waals surface area contributed by atoms with E-state index in [-0.39, 0.29) is 6.04 Å². The molecule has 0 spiro atoms. The van der Waals surface area contributed by atoms with E-state index in [2.05, 4.69) is 5.32 Å². The van der Waals surface area contributed by atoms with E-state index in [1.807, 2.05) is 30.3 Å². The molecular weight excluding hydrogens is 412 g/mol. The highest BCUT2D eigenvalue weighted by Gasteiger charge is 2.42. The van der Waals surface area contributed by atoms with Crippen LogP contribution in [0.1, 0.15) is 58.9 Å². The van der Waals surface area contributed by atoms with Crippen LogP contribution in [-0.2, 0) is 19.1 Å². The molecule has 2 rings (SSSR count). The van der Waals surface area contributed by atoms with Crippen LogP contribution in [-0.4, -0.2) is 65.4 Å². The lowest BCUT2D eigenvalue weighted by Crippen LogP contribution is -2.53. The predicted molar refractivity (Wildman–Crippen MR) is 120 cm³/mol. The molecule has 0 radical (unpaired) electrons. The van der Waals surface area contributed by atoms with E-state index in [1.54, 1.807) is 39.5 Å². The third-order valence-corrected chi connectivity index (χ3v) is 5.87. The van der Waals surface area contributed by atoms with Crippen molar-refractivity contribution in [1.29, 1.82) is 0 Å². The fourth-order valence-corrected chi connectivity index (χ4v) is 4.16. The highest BCUT2D eigenvalue weighted by atomic mass is 16.6. The summed E-state index contributed by atoms with van der Waals surface area (Å²) >= 11 is 0. The fraction of sp³-hybridized carbons (Fsp3) is 0.625. The molecule has 1 fully saturated rings. The van der Waals surface area contributed by atoms with E-state index in [4.69, 9.17) is 9.47 Å². The van der Waals surface area contributed by atoms with Crippen LogP contribution >= 0.6 is 0 Å². The van der Waals surface area contributed by atoms with Crippen LogP contribution in [0.15, 0.2) is 30.3 Å². The second-order valence-electron chi connectivity index (χ2n) is 9.40. The Morgan fingerprint density at radius 3 is 2.31 bits per heavy atom. The van der Waals surface area contributed by atoms with Crippen molar-refractivity contribution in [3.8, 4) is 0 Å². The molecule has 1 aliphatic rings. The van der Waals surface area contributed by atoms with Crippen LogP contribution in [0, 0.1) is 5.92 Å². The first-order chi connectivity index (χ1) is 15.0. The summed E-state index contributed by atoms with van der Waals surface area (Å²) in [6.45, 7) is 9.41. The van der Waals surface area contributed by atoms with E-state index < -0.39 is 47.6 Å². The number of benzene rings is 1. The SMILES string of the molecule is CO[C@H]([C@@H](C)C(=O)N[C@H](C(=O)O)[C@@H](C)c1ccccc1)[C@@H]1CCCN1C(=O)OC(C)(C)C. The van der Waals surface area contributed by atoms with Gasteiger partial charge in [0.05, 0.1) is 18.1 Å². The van der Waals surface area contributed by atoms with Gasteiger partial charge in [-0.3, -0.25) is 4.79 Å². The van der Waals surface area contributed by atoms with E-state index in [1.165, 1.54) is 7.11 Å².